The molecule has 1 aromatic rings. The van der Waals surface area contributed by atoms with Gasteiger partial charge in [-0.25, -0.2) is 0 Å². The SMILES string of the molecule is CN(C)c1cc(CNCC(C)(C)C)c(O)c2c1C[C@H]1C[C@H]3[C@H](N(C)C)C(O)=C(C(N)=O)C(=N)[C@@]3(O)C(O)=C1C2=O. The van der Waals surface area contributed by atoms with E-state index in [4.69, 9.17) is 11.1 Å². The van der Waals surface area contributed by atoms with Gasteiger partial charge in [0, 0.05) is 49.9 Å². The molecule has 4 atom stereocenters. The molecule has 0 aliphatic heterocycles. The Kier molecular flexibility index (Phi) is 7.32. The van der Waals surface area contributed by atoms with E-state index in [0.717, 1.165) is 5.69 Å². The van der Waals surface area contributed by atoms with Crippen LogP contribution in [0.1, 0.15) is 48.7 Å². The zero-order chi connectivity index (χ0) is 30.1. The molecule has 0 fully saturated rings. The van der Waals surface area contributed by atoms with Crippen LogP contribution in [0, 0.1) is 22.7 Å². The van der Waals surface area contributed by atoms with Crippen molar-refractivity contribution >= 4 is 23.1 Å². The summed E-state index contributed by atoms with van der Waals surface area (Å²) in [6.07, 6.45) is 0.412. The normalized spacial score (nSPS) is 26.6. The monoisotopic (exact) mass is 555 g/mol. The largest absolute Gasteiger partial charge is 0.510 e. The summed E-state index contributed by atoms with van der Waals surface area (Å²) in [5.74, 6) is -4.65. The van der Waals surface area contributed by atoms with Gasteiger partial charge in [-0.05, 0) is 49.9 Å². The van der Waals surface area contributed by atoms with Crippen molar-refractivity contribution in [2.45, 2.75) is 51.8 Å². The number of hydrogen-bond donors (Lipinski definition) is 7. The number of nitrogens with two attached hydrogens (primary N) is 1. The molecule has 3 aliphatic carbocycles. The van der Waals surface area contributed by atoms with Crippen LogP contribution in [0.5, 0.6) is 5.75 Å². The van der Waals surface area contributed by atoms with Crippen molar-refractivity contribution in [3.8, 4) is 5.75 Å². The van der Waals surface area contributed by atoms with E-state index in [1.165, 1.54) is 0 Å². The smallest absolute Gasteiger partial charge is 0.254 e. The zero-order valence-corrected chi connectivity index (χ0v) is 24.2. The number of aliphatic hydroxyl groups is 3. The standard InChI is InChI=1S/C29H41N5O6/c1-28(2,3)12-32-11-14-10-17(33(4)5)15-8-13-9-16-21(34(6)7)24(37)20(27(31)39)25(30)29(16,40)26(38)18(13)23(36)19(15)22(14)35/h10,13,16,21,30,32,35,37-38,40H,8-9,11-12H2,1-7H3,(H2,31,39)/t13-,16-,21-,29+/m0/s1. The molecule has 0 spiro atoms. The molecule has 11 heteroatoms. The van der Waals surface area contributed by atoms with Gasteiger partial charge in [-0.1, -0.05) is 20.8 Å². The van der Waals surface area contributed by atoms with Gasteiger partial charge in [0.15, 0.2) is 11.4 Å². The third-order valence-electron chi connectivity index (χ3n) is 8.29. The summed E-state index contributed by atoms with van der Waals surface area (Å²) in [5.41, 5.74) is 3.57. The number of likely N-dealkylation sites (N-methyl/N-ethyl adjacent to an activating group) is 1. The molecule has 0 radical (unpaired) electrons. The molecule has 0 unspecified atom stereocenters. The van der Waals surface area contributed by atoms with Crippen LogP contribution in [-0.2, 0) is 17.8 Å². The quantitative estimate of drug-likeness (QED) is 0.275. The molecule has 3 aliphatic rings. The molecule has 0 aromatic heterocycles. The van der Waals surface area contributed by atoms with Gasteiger partial charge in [0.25, 0.3) is 5.91 Å². The highest BCUT2D eigenvalue weighted by molar-refractivity contribution is 6.26. The molecule has 1 amide bonds. The lowest BCUT2D eigenvalue weighted by Gasteiger charge is -2.51. The zero-order valence-electron chi connectivity index (χ0n) is 24.2. The molecule has 40 heavy (non-hydrogen) atoms. The number of fused-ring (bicyclic) bond motifs is 3. The van der Waals surface area contributed by atoms with E-state index < -0.39 is 58.0 Å². The van der Waals surface area contributed by atoms with E-state index in [1.54, 1.807) is 19.0 Å². The number of amides is 1. The van der Waals surface area contributed by atoms with Crippen LogP contribution >= 0.6 is 0 Å². The van der Waals surface area contributed by atoms with Gasteiger partial charge in [-0.15, -0.1) is 0 Å². The van der Waals surface area contributed by atoms with Crippen molar-refractivity contribution < 1.29 is 30.0 Å². The van der Waals surface area contributed by atoms with Gasteiger partial charge in [-0.3, -0.25) is 14.5 Å². The number of primary amides is 1. The Morgan fingerprint density at radius 2 is 1.82 bits per heavy atom. The number of aromatic hydroxyl groups is 1. The summed E-state index contributed by atoms with van der Waals surface area (Å²) in [4.78, 5) is 29.8. The van der Waals surface area contributed by atoms with Gasteiger partial charge in [0.2, 0.25) is 0 Å². The average molecular weight is 556 g/mol. The lowest BCUT2D eigenvalue weighted by atomic mass is 9.58. The molecular formula is C29H41N5O6. The van der Waals surface area contributed by atoms with Crippen molar-refractivity contribution in [1.82, 2.24) is 10.2 Å². The molecule has 8 N–H and O–H groups in total. The van der Waals surface area contributed by atoms with Crippen LogP contribution in [0.25, 0.3) is 0 Å². The number of nitrogens with one attached hydrogen (secondary N) is 2. The highest BCUT2D eigenvalue weighted by Crippen LogP contribution is 2.53. The van der Waals surface area contributed by atoms with E-state index in [2.05, 4.69) is 26.1 Å². The van der Waals surface area contributed by atoms with Crippen LogP contribution < -0.4 is 16.0 Å². The van der Waals surface area contributed by atoms with Gasteiger partial charge in [0.05, 0.1) is 17.3 Å². The van der Waals surface area contributed by atoms with E-state index >= 15 is 0 Å². The van der Waals surface area contributed by atoms with Crippen molar-refractivity contribution in [1.29, 1.82) is 5.41 Å². The summed E-state index contributed by atoms with van der Waals surface area (Å²) in [6, 6.07) is 0.914. The Morgan fingerprint density at radius 1 is 1.20 bits per heavy atom. The fraction of sp³-hybridized carbons (Fsp3) is 0.552. The van der Waals surface area contributed by atoms with Crippen LogP contribution in [0.2, 0.25) is 0 Å². The number of phenolic OH excluding ortho intramolecular Hbond substituents is 1. The Morgan fingerprint density at radius 3 is 2.35 bits per heavy atom. The minimum absolute atomic E-state index is 0.00343. The lowest BCUT2D eigenvalue weighted by molar-refractivity contribution is -0.114. The van der Waals surface area contributed by atoms with Crippen molar-refractivity contribution in [3.05, 3.63) is 45.4 Å². The third-order valence-corrected chi connectivity index (χ3v) is 8.29. The lowest BCUT2D eigenvalue weighted by Crippen LogP contribution is -2.63. The molecule has 0 saturated carbocycles. The molecule has 0 saturated heterocycles. The van der Waals surface area contributed by atoms with Crippen molar-refractivity contribution in [2.24, 2.45) is 23.0 Å². The molecule has 0 heterocycles. The molecule has 4 rings (SSSR count). The number of Topliss-reactive ketones (excluding diaryl/α,β-unsaturated/α-hetero) is 1. The first-order valence-corrected chi connectivity index (χ1v) is 13.4. The Bertz CT molecular complexity index is 1360. The van der Waals surface area contributed by atoms with Gasteiger partial charge >= 0.3 is 0 Å². The second-order valence-corrected chi connectivity index (χ2v) is 12.8. The van der Waals surface area contributed by atoms with Gasteiger partial charge < -0.3 is 41.8 Å². The minimum Gasteiger partial charge on any atom is -0.510 e. The summed E-state index contributed by atoms with van der Waals surface area (Å²) >= 11 is 0. The minimum atomic E-state index is -2.43. The summed E-state index contributed by atoms with van der Waals surface area (Å²) < 4.78 is 0. The first-order chi connectivity index (χ1) is 18.4. The summed E-state index contributed by atoms with van der Waals surface area (Å²) in [5, 5.41) is 57.7. The van der Waals surface area contributed by atoms with Crippen molar-refractivity contribution in [3.63, 3.8) is 0 Å². The Balaban J connectivity index is 1.90. The van der Waals surface area contributed by atoms with E-state index in [9.17, 15) is 30.0 Å². The van der Waals surface area contributed by atoms with Crippen LogP contribution in [0.4, 0.5) is 5.69 Å². The summed E-state index contributed by atoms with van der Waals surface area (Å²) in [6.45, 7) is 7.24. The predicted octanol–water partition coefficient (Wildman–Crippen LogP) is 1.77. The second-order valence-electron chi connectivity index (χ2n) is 12.8. The molecule has 11 nitrogen and oxygen atoms in total. The maximum Gasteiger partial charge on any atom is 0.254 e. The van der Waals surface area contributed by atoms with E-state index in [0.29, 0.717) is 24.2 Å². The van der Waals surface area contributed by atoms with Gasteiger partial charge in [0.1, 0.15) is 22.8 Å². The van der Waals surface area contributed by atoms with Gasteiger partial charge in [-0.2, -0.15) is 0 Å². The number of allylic oxidation sites excluding steroid dienone is 1. The first kappa shape index (κ1) is 29.6. The van der Waals surface area contributed by atoms with Crippen LogP contribution in [0.3, 0.4) is 0 Å². The molecule has 1 aromatic carbocycles. The fourth-order valence-corrected chi connectivity index (χ4v) is 6.51. The second kappa shape index (κ2) is 9.90. The predicted molar refractivity (Wildman–Crippen MR) is 152 cm³/mol. The maximum atomic E-state index is 14.1. The first-order valence-electron chi connectivity index (χ1n) is 13.4. The summed E-state index contributed by atoms with van der Waals surface area (Å²) in [7, 11) is 6.99. The number of carbonyl (C=O) groups excluding carboxylic acids is 2. The molecule has 0 bridgehead atoms. The van der Waals surface area contributed by atoms with E-state index in [-0.39, 0.29) is 35.1 Å². The average Bonchev–Trinajstić information content (AvgIpc) is 2.81. The van der Waals surface area contributed by atoms with Crippen molar-refractivity contribution in [2.75, 3.05) is 39.6 Å². The number of nitrogens with zero attached hydrogens (tertiary/aromatic N) is 2. The van der Waals surface area contributed by atoms with Crippen LogP contribution in [-0.4, -0.2) is 89.1 Å². The Labute approximate surface area is 234 Å². The van der Waals surface area contributed by atoms with Crippen LogP contribution in [0.15, 0.2) is 28.7 Å². The topological polar surface area (TPSA) is 183 Å². The number of phenols is 1. The maximum absolute atomic E-state index is 14.1. The third kappa shape index (κ3) is 4.46. The number of rotatable bonds is 6. The molecule has 218 valence electrons. The number of carbonyl (C=O) groups is 2. The number of ketones is 1. The number of aliphatic hydroxyl groups excluding tert-OH is 2. The highest BCUT2D eigenvalue weighted by atomic mass is 16.3. The fourth-order valence-electron chi connectivity index (χ4n) is 6.51. The number of anilines is 1. The number of hydrogen-bond acceptors (Lipinski definition) is 10. The highest BCUT2D eigenvalue weighted by Gasteiger charge is 2.61. The number of benzene rings is 1. The molecular weight excluding hydrogens is 514 g/mol. The Hall–Kier alpha value is -3.41. The van der Waals surface area contributed by atoms with E-state index in [1.807, 2.05) is 25.1 Å².